The first-order chi connectivity index (χ1) is 9.74. The molecule has 100 valence electrons. The summed E-state index contributed by atoms with van der Waals surface area (Å²) in [5.41, 5.74) is 10.0. The first-order valence-electron chi connectivity index (χ1n) is 6.69. The fraction of sp³-hybridized carbons (Fsp3) is 0.118. The van der Waals surface area contributed by atoms with E-state index in [0.717, 1.165) is 16.8 Å². The molecule has 3 rings (SSSR count). The number of nitrogens with zero attached hydrogens (tertiary/aromatic N) is 2. The summed E-state index contributed by atoms with van der Waals surface area (Å²) in [4.78, 5) is 0. The molecule has 0 saturated heterocycles. The highest BCUT2D eigenvalue weighted by atomic mass is 15.3. The van der Waals surface area contributed by atoms with Gasteiger partial charge in [-0.25, -0.2) is 0 Å². The number of anilines is 1. The Morgan fingerprint density at radius 1 is 1.00 bits per heavy atom. The molecule has 0 saturated carbocycles. The molecule has 1 unspecified atom stereocenters. The van der Waals surface area contributed by atoms with E-state index >= 15 is 0 Å². The zero-order valence-corrected chi connectivity index (χ0v) is 11.4. The highest BCUT2D eigenvalue weighted by Crippen LogP contribution is 2.24. The number of hydrogen-bond donors (Lipinski definition) is 1. The zero-order valence-electron chi connectivity index (χ0n) is 11.4. The van der Waals surface area contributed by atoms with Gasteiger partial charge >= 0.3 is 0 Å². The predicted molar refractivity (Wildman–Crippen MR) is 82.3 cm³/mol. The van der Waals surface area contributed by atoms with Crippen LogP contribution in [-0.4, -0.2) is 9.78 Å². The van der Waals surface area contributed by atoms with Crippen LogP contribution in [-0.2, 0) is 0 Å². The highest BCUT2D eigenvalue weighted by molar-refractivity contribution is 5.65. The van der Waals surface area contributed by atoms with Crippen LogP contribution in [0.15, 0.2) is 67.0 Å². The minimum Gasteiger partial charge on any atom is -0.399 e. The molecule has 0 spiro atoms. The second-order valence-electron chi connectivity index (χ2n) is 4.92. The smallest absolute Gasteiger partial charge is 0.0740 e. The van der Waals surface area contributed by atoms with Crippen molar-refractivity contribution >= 4 is 5.69 Å². The van der Waals surface area contributed by atoms with E-state index in [-0.39, 0.29) is 6.04 Å². The van der Waals surface area contributed by atoms with Crippen molar-refractivity contribution < 1.29 is 0 Å². The van der Waals surface area contributed by atoms with Crippen LogP contribution >= 0.6 is 0 Å². The maximum atomic E-state index is 5.83. The third-order valence-corrected chi connectivity index (χ3v) is 3.50. The zero-order chi connectivity index (χ0) is 13.9. The average Bonchev–Trinajstić information content (AvgIpc) is 2.97. The first kappa shape index (κ1) is 12.5. The van der Waals surface area contributed by atoms with Crippen LogP contribution < -0.4 is 5.73 Å². The third-order valence-electron chi connectivity index (χ3n) is 3.50. The maximum Gasteiger partial charge on any atom is 0.0740 e. The summed E-state index contributed by atoms with van der Waals surface area (Å²) in [5.74, 6) is 0. The average molecular weight is 263 g/mol. The largest absolute Gasteiger partial charge is 0.399 e. The number of nitrogen functional groups attached to an aromatic ring is 1. The second-order valence-corrected chi connectivity index (χ2v) is 4.92. The lowest BCUT2D eigenvalue weighted by atomic mass is 10.1. The van der Waals surface area contributed by atoms with Gasteiger partial charge in [-0.2, -0.15) is 5.10 Å². The van der Waals surface area contributed by atoms with Crippen LogP contribution in [0.25, 0.3) is 11.1 Å². The van der Waals surface area contributed by atoms with Gasteiger partial charge in [0.1, 0.15) is 0 Å². The fourth-order valence-electron chi connectivity index (χ4n) is 2.30. The van der Waals surface area contributed by atoms with E-state index in [1.165, 1.54) is 5.56 Å². The molecule has 0 aliphatic heterocycles. The summed E-state index contributed by atoms with van der Waals surface area (Å²) in [5, 5.41) is 4.47. The van der Waals surface area contributed by atoms with Gasteiger partial charge in [-0.05, 0) is 30.2 Å². The summed E-state index contributed by atoms with van der Waals surface area (Å²) >= 11 is 0. The minimum atomic E-state index is 0.214. The quantitative estimate of drug-likeness (QED) is 0.731. The Labute approximate surface area is 118 Å². The number of benzene rings is 2. The van der Waals surface area contributed by atoms with Crippen molar-refractivity contribution in [3.05, 3.63) is 72.6 Å². The molecule has 20 heavy (non-hydrogen) atoms. The van der Waals surface area contributed by atoms with E-state index in [4.69, 9.17) is 5.73 Å². The Morgan fingerprint density at radius 2 is 1.80 bits per heavy atom. The monoisotopic (exact) mass is 263 g/mol. The molecule has 0 fully saturated rings. The molecule has 1 atom stereocenters. The van der Waals surface area contributed by atoms with E-state index in [9.17, 15) is 0 Å². The van der Waals surface area contributed by atoms with Crippen molar-refractivity contribution in [2.45, 2.75) is 13.0 Å². The van der Waals surface area contributed by atoms with Crippen LogP contribution in [0.4, 0.5) is 5.69 Å². The van der Waals surface area contributed by atoms with Gasteiger partial charge in [0.15, 0.2) is 0 Å². The molecule has 0 bridgehead atoms. The predicted octanol–water partition coefficient (Wildman–Crippen LogP) is 3.74. The molecule has 0 aliphatic carbocycles. The van der Waals surface area contributed by atoms with Crippen LogP contribution in [0.5, 0.6) is 0 Å². The van der Waals surface area contributed by atoms with E-state index in [1.807, 2.05) is 53.3 Å². The van der Waals surface area contributed by atoms with Crippen molar-refractivity contribution in [3.8, 4) is 11.1 Å². The third kappa shape index (κ3) is 2.43. The van der Waals surface area contributed by atoms with E-state index < -0.39 is 0 Å². The van der Waals surface area contributed by atoms with Gasteiger partial charge in [-0.1, -0.05) is 42.5 Å². The Balaban J connectivity index is 1.91. The van der Waals surface area contributed by atoms with Crippen LogP contribution in [0.2, 0.25) is 0 Å². The second kappa shape index (κ2) is 5.21. The van der Waals surface area contributed by atoms with Gasteiger partial charge in [0.05, 0.1) is 12.2 Å². The Bertz CT molecular complexity index is 701. The summed E-state index contributed by atoms with van der Waals surface area (Å²) in [6.45, 7) is 2.14. The molecule has 3 aromatic rings. The molecule has 1 heterocycles. The molecule has 0 amide bonds. The van der Waals surface area contributed by atoms with Crippen LogP contribution in [0.1, 0.15) is 18.5 Å². The first-order valence-corrected chi connectivity index (χ1v) is 6.69. The van der Waals surface area contributed by atoms with E-state index in [0.29, 0.717) is 0 Å². The lowest BCUT2D eigenvalue weighted by molar-refractivity contribution is 0.565. The SMILES string of the molecule is CC(c1ccccc1)n1cc(-c2cccc(N)c2)cn1. The van der Waals surface area contributed by atoms with Crippen molar-refractivity contribution in [2.75, 3.05) is 5.73 Å². The van der Waals surface area contributed by atoms with E-state index in [1.54, 1.807) is 0 Å². The summed E-state index contributed by atoms with van der Waals surface area (Å²) in [7, 11) is 0. The number of nitrogens with two attached hydrogens (primary N) is 1. The number of rotatable bonds is 3. The van der Waals surface area contributed by atoms with Gasteiger partial charge in [-0.3, -0.25) is 4.68 Å². The molecular weight excluding hydrogens is 246 g/mol. The molecule has 2 aromatic carbocycles. The normalized spacial score (nSPS) is 12.2. The Hall–Kier alpha value is -2.55. The van der Waals surface area contributed by atoms with Crippen molar-refractivity contribution in [1.29, 1.82) is 0 Å². The Morgan fingerprint density at radius 3 is 2.55 bits per heavy atom. The fourth-order valence-corrected chi connectivity index (χ4v) is 2.30. The maximum absolute atomic E-state index is 5.83. The molecule has 1 aromatic heterocycles. The molecule has 0 aliphatic rings. The van der Waals surface area contributed by atoms with E-state index in [2.05, 4.69) is 30.4 Å². The van der Waals surface area contributed by atoms with Gasteiger partial charge in [-0.15, -0.1) is 0 Å². The minimum absolute atomic E-state index is 0.214. The molecular formula is C17H17N3. The molecule has 2 N–H and O–H groups in total. The molecule has 0 radical (unpaired) electrons. The van der Waals surface area contributed by atoms with Gasteiger partial charge in [0.25, 0.3) is 0 Å². The van der Waals surface area contributed by atoms with Crippen molar-refractivity contribution in [1.82, 2.24) is 9.78 Å². The van der Waals surface area contributed by atoms with Crippen LogP contribution in [0, 0.1) is 0 Å². The standard InChI is InChI=1S/C17H17N3/c1-13(14-6-3-2-4-7-14)20-12-16(11-19-20)15-8-5-9-17(18)10-15/h2-13H,18H2,1H3. The summed E-state index contributed by atoms with van der Waals surface area (Å²) < 4.78 is 1.98. The number of aromatic nitrogens is 2. The van der Waals surface area contributed by atoms with Crippen molar-refractivity contribution in [2.24, 2.45) is 0 Å². The van der Waals surface area contributed by atoms with Gasteiger partial charge < -0.3 is 5.73 Å². The summed E-state index contributed by atoms with van der Waals surface area (Å²) in [6, 6.07) is 18.4. The Kier molecular flexibility index (Phi) is 3.25. The molecule has 3 nitrogen and oxygen atoms in total. The lowest BCUT2D eigenvalue weighted by Gasteiger charge is -2.12. The highest BCUT2D eigenvalue weighted by Gasteiger charge is 2.09. The molecule has 3 heteroatoms. The van der Waals surface area contributed by atoms with Gasteiger partial charge in [0, 0.05) is 17.4 Å². The summed E-state index contributed by atoms with van der Waals surface area (Å²) in [6.07, 6.45) is 3.95. The topological polar surface area (TPSA) is 43.8 Å². The lowest BCUT2D eigenvalue weighted by Crippen LogP contribution is -2.06. The number of hydrogen-bond acceptors (Lipinski definition) is 2. The van der Waals surface area contributed by atoms with Crippen molar-refractivity contribution in [3.63, 3.8) is 0 Å². The van der Waals surface area contributed by atoms with Crippen LogP contribution in [0.3, 0.4) is 0 Å². The van der Waals surface area contributed by atoms with Gasteiger partial charge in [0.2, 0.25) is 0 Å².